The minimum Gasteiger partial charge on any atom is -0.477 e. The third kappa shape index (κ3) is 4.91. The Hall–Kier alpha value is -2.17. The second-order valence-electron chi connectivity index (χ2n) is 4.46. The average Bonchev–Trinajstić information content (AvgIpc) is 2.52. The van der Waals surface area contributed by atoms with E-state index in [4.69, 9.17) is 4.74 Å². The van der Waals surface area contributed by atoms with Crippen LogP contribution in [0, 0.1) is 10.1 Å². The van der Waals surface area contributed by atoms with Gasteiger partial charge in [0, 0.05) is 19.2 Å². The first-order valence-electron chi connectivity index (χ1n) is 6.79. The molecule has 1 aromatic carbocycles. The van der Waals surface area contributed by atoms with Crippen molar-refractivity contribution in [3.63, 3.8) is 0 Å². The third-order valence-corrected chi connectivity index (χ3v) is 4.12. The summed E-state index contributed by atoms with van der Waals surface area (Å²) < 4.78 is 53.6. The van der Waals surface area contributed by atoms with Gasteiger partial charge in [-0.25, -0.2) is 4.21 Å². The number of carbonyl (C=O) groups is 1. The van der Waals surface area contributed by atoms with E-state index < -0.39 is 44.3 Å². The van der Waals surface area contributed by atoms with Crippen LogP contribution >= 0.6 is 0 Å². The average molecular weight is 368 g/mol. The molecule has 0 aromatic heterocycles. The van der Waals surface area contributed by atoms with Gasteiger partial charge in [-0.05, 0) is 26.0 Å². The monoisotopic (exact) mass is 368 g/mol. The molecule has 11 heteroatoms. The number of amides is 1. The zero-order valence-corrected chi connectivity index (χ0v) is 13.6. The summed E-state index contributed by atoms with van der Waals surface area (Å²) in [6, 6.07) is 2.24. The van der Waals surface area contributed by atoms with Gasteiger partial charge >= 0.3 is 11.2 Å². The maximum atomic E-state index is 12.4. The van der Waals surface area contributed by atoms with Crippen molar-refractivity contribution in [3.8, 4) is 5.75 Å². The lowest BCUT2D eigenvalue weighted by atomic mass is 10.3. The molecule has 134 valence electrons. The summed E-state index contributed by atoms with van der Waals surface area (Å²) in [5, 5.41) is 11.0. The maximum Gasteiger partial charge on any atom is 0.475 e. The highest BCUT2D eigenvalue weighted by Crippen LogP contribution is 2.33. The van der Waals surface area contributed by atoms with Crippen molar-refractivity contribution in [1.29, 1.82) is 0 Å². The van der Waals surface area contributed by atoms with Gasteiger partial charge in [-0.2, -0.15) is 13.2 Å². The molecule has 0 saturated carbocycles. The number of carbonyl (C=O) groups excluding carboxylic acids is 1. The van der Waals surface area contributed by atoms with Gasteiger partial charge in [-0.15, -0.1) is 0 Å². The molecule has 7 nitrogen and oxygen atoms in total. The Bertz CT molecular complexity index is 647. The summed E-state index contributed by atoms with van der Waals surface area (Å²) in [6.07, 6.45) is 0. The van der Waals surface area contributed by atoms with E-state index in [1.807, 2.05) is 0 Å². The van der Waals surface area contributed by atoms with Gasteiger partial charge in [0.25, 0.3) is 5.91 Å². The zero-order chi connectivity index (χ0) is 18.5. The van der Waals surface area contributed by atoms with Crippen molar-refractivity contribution in [2.24, 2.45) is 0 Å². The van der Waals surface area contributed by atoms with Crippen LogP contribution in [0.3, 0.4) is 0 Å². The summed E-state index contributed by atoms with van der Waals surface area (Å²) in [4.78, 5) is 22.5. The second-order valence-corrected chi connectivity index (χ2v) is 5.93. The minimum absolute atomic E-state index is 0.372. The van der Waals surface area contributed by atoms with E-state index in [0.29, 0.717) is 19.2 Å². The standard InChI is InChI=1S/C13H15F3N2O5S/c1-3-17(4-2)12(19)8-23-11-6-5-9(7-10(11)18(20)21)24(22)13(14,15)16/h5-7H,3-4,8H2,1-2H3. The highest BCUT2D eigenvalue weighted by molar-refractivity contribution is 7.86. The van der Waals surface area contributed by atoms with Gasteiger partial charge in [0.15, 0.2) is 23.2 Å². The van der Waals surface area contributed by atoms with E-state index in [2.05, 4.69) is 0 Å². The first-order chi connectivity index (χ1) is 11.1. The number of ether oxygens (including phenoxy) is 1. The molecule has 0 N–H and O–H groups in total. The van der Waals surface area contributed by atoms with E-state index in [0.717, 1.165) is 12.1 Å². The molecular formula is C13H15F3N2O5S. The van der Waals surface area contributed by atoms with Crippen molar-refractivity contribution < 1.29 is 31.8 Å². The van der Waals surface area contributed by atoms with E-state index >= 15 is 0 Å². The molecule has 1 amide bonds. The third-order valence-electron chi connectivity index (χ3n) is 3.02. The van der Waals surface area contributed by atoms with Crippen LogP contribution in [0.2, 0.25) is 0 Å². The normalized spacial score (nSPS) is 12.5. The molecule has 1 aromatic rings. The molecule has 0 radical (unpaired) electrons. The number of alkyl halides is 3. The number of benzene rings is 1. The molecule has 0 fully saturated rings. The number of halogens is 3. The molecule has 0 aliphatic rings. The van der Waals surface area contributed by atoms with Gasteiger partial charge < -0.3 is 9.64 Å². The number of nitro benzene ring substituents is 1. The fraction of sp³-hybridized carbons (Fsp3) is 0.462. The molecule has 0 heterocycles. The Kier molecular flexibility index (Phi) is 6.70. The second kappa shape index (κ2) is 8.08. The van der Waals surface area contributed by atoms with Crippen LogP contribution in [-0.2, 0) is 15.6 Å². The van der Waals surface area contributed by atoms with E-state index in [-0.39, 0.29) is 5.75 Å². The number of hydrogen-bond donors (Lipinski definition) is 0. The summed E-state index contributed by atoms with van der Waals surface area (Å²) in [5.74, 6) is -0.791. The van der Waals surface area contributed by atoms with E-state index in [9.17, 15) is 32.3 Å². The molecule has 1 rings (SSSR count). The molecule has 0 spiro atoms. The SMILES string of the molecule is CCN(CC)C(=O)COc1ccc(S(=O)C(F)(F)F)cc1[N+](=O)[O-]. The Morgan fingerprint density at radius 2 is 1.92 bits per heavy atom. The number of nitrogens with zero attached hydrogens (tertiary/aromatic N) is 2. The Morgan fingerprint density at radius 3 is 2.38 bits per heavy atom. The van der Waals surface area contributed by atoms with E-state index in [1.54, 1.807) is 13.8 Å². The maximum absolute atomic E-state index is 12.4. The fourth-order valence-electron chi connectivity index (χ4n) is 1.82. The lowest BCUT2D eigenvalue weighted by Crippen LogP contribution is -2.34. The van der Waals surface area contributed by atoms with Crippen LogP contribution in [0.1, 0.15) is 13.8 Å². The van der Waals surface area contributed by atoms with Crippen LogP contribution in [0.5, 0.6) is 5.75 Å². The minimum atomic E-state index is -5.03. The zero-order valence-electron chi connectivity index (χ0n) is 12.8. The lowest BCUT2D eigenvalue weighted by molar-refractivity contribution is -0.386. The predicted molar refractivity (Wildman–Crippen MR) is 79.0 cm³/mol. The van der Waals surface area contributed by atoms with Gasteiger partial charge in [0.05, 0.1) is 9.82 Å². The molecular weight excluding hydrogens is 353 g/mol. The van der Waals surface area contributed by atoms with Crippen molar-refractivity contribution in [2.45, 2.75) is 24.3 Å². The Morgan fingerprint density at radius 1 is 1.33 bits per heavy atom. The van der Waals surface area contributed by atoms with Gasteiger partial charge in [-0.3, -0.25) is 14.9 Å². The summed E-state index contributed by atoms with van der Waals surface area (Å²) in [7, 11) is -3.39. The lowest BCUT2D eigenvalue weighted by Gasteiger charge is -2.18. The van der Waals surface area contributed by atoms with E-state index in [1.165, 1.54) is 4.90 Å². The molecule has 1 atom stereocenters. The summed E-state index contributed by atoms with van der Waals surface area (Å²) >= 11 is 0. The predicted octanol–water partition coefficient (Wildman–Crippen LogP) is 2.47. The van der Waals surface area contributed by atoms with Crippen molar-refractivity contribution in [3.05, 3.63) is 28.3 Å². The van der Waals surface area contributed by atoms with Crippen LogP contribution in [0.15, 0.2) is 23.1 Å². The highest BCUT2D eigenvalue weighted by atomic mass is 32.2. The molecule has 1 unspecified atom stereocenters. The highest BCUT2D eigenvalue weighted by Gasteiger charge is 2.39. The Balaban J connectivity index is 3.03. The molecule has 0 bridgehead atoms. The molecule has 0 aliphatic carbocycles. The molecule has 0 saturated heterocycles. The van der Waals surface area contributed by atoms with Crippen LogP contribution in [0.25, 0.3) is 0 Å². The van der Waals surface area contributed by atoms with Crippen LogP contribution in [0.4, 0.5) is 18.9 Å². The number of hydrogen-bond acceptors (Lipinski definition) is 5. The number of likely N-dealkylation sites (N-methyl/N-ethyl adjacent to an activating group) is 1. The smallest absolute Gasteiger partial charge is 0.475 e. The van der Waals surface area contributed by atoms with Crippen molar-refractivity contribution >= 4 is 22.4 Å². The first kappa shape index (κ1) is 19.9. The number of rotatable bonds is 7. The quantitative estimate of drug-likeness (QED) is 0.545. The fourth-order valence-corrected chi connectivity index (χ4v) is 2.50. The Labute approximate surface area is 138 Å². The largest absolute Gasteiger partial charge is 0.477 e. The van der Waals surface area contributed by atoms with Gasteiger partial charge in [-0.1, -0.05) is 0 Å². The van der Waals surface area contributed by atoms with Crippen LogP contribution in [-0.4, -0.2) is 45.1 Å². The summed E-state index contributed by atoms with van der Waals surface area (Å²) in [5.41, 5.74) is -5.83. The molecule has 0 aliphatic heterocycles. The first-order valence-corrected chi connectivity index (χ1v) is 7.94. The van der Waals surface area contributed by atoms with Gasteiger partial charge in [0.2, 0.25) is 0 Å². The van der Waals surface area contributed by atoms with Crippen molar-refractivity contribution in [1.82, 2.24) is 4.90 Å². The van der Waals surface area contributed by atoms with Crippen LogP contribution < -0.4 is 4.74 Å². The number of nitro groups is 1. The topological polar surface area (TPSA) is 89.8 Å². The summed E-state index contributed by atoms with van der Waals surface area (Å²) in [6.45, 7) is 3.83. The van der Waals surface area contributed by atoms with Gasteiger partial charge in [0.1, 0.15) is 0 Å². The molecule has 24 heavy (non-hydrogen) atoms. The van der Waals surface area contributed by atoms with Crippen molar-refractivity contribution in [2.75, 3.05) is 19.7 Å².